The summed E-state index contributed by atoms with van der Waals surface area (Å²) in [5.74, 6) is -0.560. The maximum absolute atomic E-state index is 11.5. The highest BCUT2D eigenvalue weighted by Crippen LogP contribution is 2.13. The summed E-state index contributed by atoms with van der Waals surface area (Å²) in [5.41, 5.74) is 1.70. The summed E-state index contributed by atoms with van der Waals surface area (Å²) in [6.45, 7) is 4.83. The van der Waals surface area contributed by atoms with Crippen LogP contribution in [0.1, 0.15) is 20.8 Å². The molecule has 0 unspecified atom stereocenters. The highest BCUT2D eigenvalue weighted by molar-refractivity contribution is 6.22. The summed E-state index contributed by atoms with van der Waals surface area (Å²) >= 11 is 0. The van der Waals surface area contributed by atoms with Crippen LogP contribution in [0.3, 0.4) is 0 Å². The lowest BCUT2D eigenvalue weighted by Gasteiger charge is -2.08. The number of allylic oxidation sites excluding steroid dienone is 6. The Labute approximate surface area is 94.0 Å². The Morgan fingerprint density at radius 1 is 1.44 bits per heavy atom. The van der Waals surface area contributed by atoms with Crippen LogP contribution >= 0.6 is 0 Å². The quantitative estimate of drug-likeness (QED) is 0.405. The molecule has 0 spiro atoms. The van der Waals surface area contributed by atoms with Gasteiger partial charge < -0.3 is 4.84 Å². The molecule has 0 saturated heterocycles. The number of oxime groups is 1. The molecule has 4 heteroatoms. The molecule has 0 heterocycles. The van der Waals surface area contributed by atoms with E-state index in [-0.39, 0.29) is 5.78 Å². The summed E-state index contributed by atoms with van der Waals surface area (Å²) < 4.78 is 0. The first-order valence-electron chi connectivity index (χ1n) is 4.87. The molecule has 0 atom stereocenters. The van der Waals surface area contributed by atoms with Crippen molar-refractivity contribution in [2.45, 2.75) is 20.8 Å². The lowest BCUT2D eigenvalue weighted by Crippen LogP contribution is -2.11. The Morgan fingerprint density at radius 3 is 2.69 bits per heavy atom. The number of hydrogen-bond donors (Lipinski definition) is 0. The molecule has 0 aromatic rings. The van der Waals surface area contributed by atoms with Crippen molar-refractivity contribution >= 4 is 17.5 Å². The predicted molar refractivity (Wildman–Crippen MR) is 60.9 cm³/mol. The van der Waals surface area contributed by atoms with Crippen LogP contribution in [0.25, 0.3) is 0 Å². The van der Waals surface area contributed by atoms with Crippen LogP contribution in [0.15, 0.2) is 40.6 Å². The second kappa shape index (κ2) is 5.21. The first-order chi connectivity index (χ1) is 7.54. The zero-order valence-electron chi connectivity index (χ0n) is 9.48. The Hall–Kier alpha value is -1.97. The molecule has 0 bridgehead atoms. The van der Waals surface area contributed by atoms with Crippen molar-refractivity contribution in [3.63, 3.8) is 0 Å². The van der Waals surface area contributed by atoms with Gasteiger partial charge in [0.15, 0.2) is 5.78 Å². The maximum Gasteiger partial charge on any atom is 0.332 e. The second-order valence-corrected chi connectivity index (χ2v) is 3.35. The summed E-state index contributed by atoms with van der Waals surface area (Å²) in [6, 6.07) is 0. The van der Waals surface area contributed by atoms with Crippen LogP contribution < -0.4 is 0 Å². The van der Waals surface area contributed by atoms with Gasteiger partial charge >= 0.3 is 5.97 Å². The minimum absolute atomic E-state index is 0.0719. The van der Waals surface area contributed by atoms with Crippen LogP contribution in [0.5, 0.6) is 0 Å². The van der Waals surface area contributed by atoms with E-state index in [0.29, 0.717) is 16.9 Å². The van der Waals surface area contributed by atoms with Crippen molar-refractivity contribution < 1.29 is 14.4 Å². The molecule has 1 aliphatic rings. The number of nitrogens with zero attached hydrogens (tertiary/aromatic N) is 1. The second-order valence-electron chi connectivity index (χ2n) is 3.35. The van der Waals surface area contributed by atoms with Gasteiger partial charge in [-0.2, -0.15) is 0 Å². The fourth-order valence-electron chi connectivity index (χ4n) is 1.21. The van der Waals surface area contributed by atoms with Gasteiger partial charge in [0.1, 0.15) is 5.71 Å². The fraction of sp³-hybridized carbons (Fsp3) is 0.250. The van der Waals surface area contributed by atoms with E-state index >= 15 is 0 Å². The zero-order chi connectivity index (χ0) is 12.1. The molecule has 0 aliphatic heterocycles. The Morgan fingerprint density at radius 2 is 2.12 bits per heavy atom. The Bertz CT molecular complexity index is 439. The third-order valence-corrected chi connectivity index (χ3v) is 1.95. The van der Waals surface area contributed by atoms with Gasteiger partial charge in [-0.15, -0.1) is 0 Å². The number of carbonyl (C=O) groups is 2. The summed E-state index contributed by atoms with van der Waals surface area (Å²) in [4.78, 5) is 26.7. The van der Waals surface area contributed by atoms with E-state index in [9.17, 15) is 9.59 Å². The maximum atomic E-state index is 11.5. The van der Waals surface area contributed by atoms with Crippen LogP contribution in [-0.2, 0) is 14.4 Å². The smallest absolute Gasteiger partial charge is 0.318 e. The Kier molecular flexibility index (Phi) is 3.94. The lowest BCUT2D eigenvalue weighted by molar-refractivity contribution is -0.140. The minimum Gasteiger partial charge on any atom is -0.318 e. The van der Waals surface area contributed by atoms with Crippen molar-refractivity contribution in [3.8, 4) is 0 Å². The predicted octanol–water partition coefficient (Wildman–Crippen LogP) is 1.94. The SMILES string of the molecule is CC=CC1=CC(=NOC(C)=O)C(C)=CC1=O. The van der Waals surface area contributed by atoms with Gasteiger partial charge in [-0.1, -0.05) is 17.3 Å². The van der Waals surface area contributed by atoms with E-state index in [4.69, 9.17) is 0 Å². The van der Waals surface area contributed by atoms with E-state index in [0.717, 1.165) is 0 Å². The molecule has 4 nitrogen and oxygen atoms in total. The van der Waals surface area contributed by atoms with Gasteiger partial charge in [0.05, 0.1) is 0 Å². The topological polar surface area (TPSA) is 55.7 Å². The minimum atomic E-state index is -0.488. The average Bonchev–Trinajstić information content (AvgIpc) is 2.20. The van der Waals surface area contributed by atoms with Crippen LogP contribution in [0.2, 0.25) is 0 Å². The number of rotatable bonds is 2. The van der Waals surface area contributed by atoms with Gasteiger partial charge in [0.2, 0.25) is 0 Å². The van der Waals surface area contributed by atoms with Gasteiger partial charge in [-0.3, -0.25) is 4.79 Å². The normalized spacial score (nSPS) is 18.7. The molecule has 0 aromatic heterocycles. The van der Waals surface area contributed by atoms with Crippen molar-refractivity contribution in [2.24, 2.45) is 5.16 Å². The monoisotopic (exact) mass is 219 g/mol. The number of ketones is 1. The first kappa shape index (κ1) is 12.1. The van der Waals surface area contributed by atoms with Gasteiger partial charge in [-0.05, 0) is 31.6 Å². The van der Waals surface area contributed by atoms with E-state index < -0.39 is 5.97 Å². The van der Waals surface area contributed by atoms with Crippen molar-refractivity contribution in [2.75, 3.05) is 0 Å². The van der Waals surface area contributed by atoms with E-state index in [1.165, 1.54) is 13.0 Å². The average molecular weight is 219 g/mol. The molecular weight excluding hydrogens is 206 g/mol. The standard InChI is InChI=1S/C12H13NO3/c1-4-5-10-7-11(13-16-9(3)14)8(2)6-12(10)15/h4-7H,1-3H3. The molecule has 0 N–H and O–H groups in total. The fourth-order valence-corrected chi connectivity index (χ4v) is 1.21. The highest BCUT2D eigenvalue weighted by atomic mass is 16.7. The van der Waals surface area contributed by atoms with Gasteiger partial charge in [-0.25, -0.2) is 4.79 Å². The third-order valence-electron chi connectivity index (χ3n) is 1.95. The summed E-state index contributed by atoms with van der Waals surface area (Å²) in [6.07, 6.45) is 6.52. The van der Waals surface area contributed by atoms with E-state index in [2.05, 4.69) is 9.99 Å². The van der Waals surface area contributed by atoms with Crippen molar-refractivity contribution in [3.05, 3.63) is 35.5 Å². The van der Waals surface area contributed by atoms with Crippen molar-refractivity contribution in [1.29, 1.82) is 0 Å². The summed E-state index contributed by atoms with van der Waals surface area (Å²) in [5, 5.41) is 3.67. The van der Waals surface area contributed by atoms with Gasteiger partial charge in [0.25, 0.3) is 0 Å². The molecule has 0 amide bonds. The lowest BCUT2D eigenvalue weighted by atomic mass is 9.97. The zero-order valence-corrected chi connectivity index (χ0v) is 9.48. The van der Waals surface area contributed by atoms with Gasteiger partial charge in [0, 0.05) is 12.5 Å². The molecular formula is C12H13NO3. The van der Waals surface area contributed by atoms with E-state index in [1.54, 1.807) is 25.2 Å². The molecule has 0 radical (unpaired) electrons. The van der Waals surface area contributed by atoms with Crippen LogP contribution in [0.4, 0.5) is 0 Å². The molecule has 0 aromatic carbocycles. The van der Waals surface area contributed by atoms with Crippen LogP contribution in [-0.4, -0.2) is 17.5 Å². The molecule has 84 valence electrons. The number of carbonyl (C=O) groups excluding carboxylic acids is 2. The van der Waals surface area contributed by atoms with Crippen molar-refractivity contribution in [1.82, 2.24) is 0 Å². The van der Waals surface area contributed by atoms with Crippen LogP contribution in [0, 0.1) is 0 Å². The van der Waals surface area contributed by atoms with E-state index in [1.807, 2.05) is 6.92 Å². The molecule has 0 saturated carbocycles. The number of hydrogen-bond acceptors (Lipinski definition) is 4. The molecule has 1 aliphatic carbocycles. The largest absolute Gasteiger partial charge is 0.332 e. The molecule has 1 rings (SSSR count). The summed E-state index contributed by atoms with van der Waals surface area (Å²) in [7, 11) is 0. The molecule has 0 fully saturated rings. The Balaban J connectivity index is 3.00. The highest BCUT2D eigenvalue weighted by Gasteiger charge is 2.14. The molecule has 16 heavy (non-hydrogen) atoms. The first-order valence-corrected chi connectivity index (χ1v) is 4.87. The third kappa shape index (κ3) is 3.02.